The van der Waals surface area contributed by atoms with Crippen molar-refractivity contribution in [1.29, 1.82) is 0 Å². The van der Waals surface area contributed by atoms with Crippen LogP contribution in [0.15, 0.2) is 23.0 Å². The van der Waals surface area contributed by atoms with E-state index in [4.69, 9.17) is 4.74 Å². The number of hydrogen-bond acceptors (Lipinski definition) is 3. The van der Waals surface area contributed by atoms with Crippen molar-refractivity contribution in [3.05, 3.63) is 50.8 Å². The number of aryl methyl sites for hydroxylation is 1. The van der Waals surface area contributed by atoms with Gasteiger partial charge in [0.2, 0.25) is 0 Å². The summed E-state index contributed by atoms with van der Waals surface area (Å²) in [5.41, 5.74) is 4.02. The fourth-order valence-corrected chi connectivity index (χ4v) is 3.78. The van der Waals surface area contributed by atoms with Gasteiger partial charge < -0.3 is 14.8 Å². The minimum Gasteiger partial charge on any atom is -0.493 e. The lowest BCUT2D eigenvalue weighted by Crippen LogP contribution is -2.25. The average molecular weight is 369 g/mol. The first-order valence-electron chi connectivity index (χ1n) is 9.60. The highest BCUT2D eigenvalue weighted by Crippen LogP contribution is 2.43. The molecule has 27 heavy (non-hydrogen) atoms. The number of aromatic amines is 1. The Labute approximate surface area is 159 Å². The van der Waals surface area contributed by atoms with E-state index in [1.54, 1.807) is 6.07 Å². The Bertz CT molecular complexity index is 927. The van der Waals surface area contributed by atoms with Crippen molar-refractivity contribution in [2.75, 3.05) is 6.61 Å². The highest BCUT2D eigenvalue weighted by atomic mass is 16.5. The topological polar surface area (TPSA) is 79.4 Å². The van der Waals surface area contributed by atoms with Crippen LogP contribution in [0.4, 0.5) is 0 Å². The van der Waals surface area contributed by atoms with Crippen LogP contribution in [0.3, 0.4) is 0 Å². The van der Waals surface area contributed by atoms with E-state index in [-0.39, 0.29) is 11.5 Å². The Morgan fingerprint density at radius 3 is 2.70 bits per heavy atom. The van der Waals surface area contributed by atoms with Gasteiger partial charge in [0, 0.05) is 5.56 Å². The van der Waals surface area contributed by atoms with Crippen LogP contribution in [0.2, 0.25) is 0 Å². The number of hydrogen-bond donors (Lipinski definition) is 2. The summed E-state index contributed by atoms with van der Waals surface area (Å²) in [6, 6.07) is 5.69. The summed E-state index contributed by atoms with van der Waals surface area (Å²) in [5, 5.41) is 9.33. The first kappa shape index (κ1) is 19.2. The Hall–Kier alpha value is -2.56. The second-order valence-electron chi connectivity index (χ2n) is 7.68. The number of unbranched alkanes of at least 4 members (excludes halogenated alkanes) is 1. The third kappa shape index (κ3) is 3.64. The summed E-state index contributed by atoms with van der Waals surface area (Å²) in [7, 11) is 0. The van der Waals surface area contributed by atoms with Crippen molar-refractivity contribution in [2.24, 2.45) is 5.92 Å². The molecule has 0 radical (unpaired) electrons. The Balaban J connectivity index is 2.14. The van der Waals surface area contributed by atoms with E-state index in [2.05, 4.69) is 31.8 Å². The third-order valence-corrected chi connectivity index (χ3v) is 5.37. The number of nitrogens with one attached hydrogen (secondary N) is 1. The number of benzene rings is 1. The molecule has 1 aliphatic carbocycles. The molecule has 5 heteroatoms. The molecule has 1 aromatic carbocycles. The normalized spacial score (nSPS) is 15.4. The number of H-pyrrole nitrogens is 1. The molecule has 1 atom stereocenters. The van der Waals surface area contributed by atoms with Crippen molar-refractivity contribution in [3.8, 4) is 17.0 Å². The molecule has 0 bridgehead atoms. The van der Waals surface area contributed by atoms with Crippen LogP contribution in [0.25, 0.3) is 11.3 Å². The maximum Gasteiger partial charge on any atom is 0.341 e. The Morgan fingerprint density at radius 1 is 1.33 bits per heavy atom. The molecule has 5 nitrogen and oxygen atoms in total. The predicted molar refractivity (Wildman–Crippen MR) is 106 cm³/mol. The van der Waals surface area contributed by atoms with Gasteiger partial charge >= 0.3 is 5.97 Å². The molecule has 0 saturated carbocycles. The summed E-state index contributed by atoms with van der Waals surface area (Å²) >= 11 is 0. The second kappa shape index (κ2) is 7.59. The monoisotopic (exact) mass is 369 g/mol. The van der Waals surface area contributed by atoms with Crippen LogP contribution >= 0.6 is 0 Å². The smallest absolute Gasteiger partial charge is 0.341 e. The molecule has 0 fully saturated rings. The molecule has 1 unspecified atom stereocenters. The highest BCUT2D eigenvalue weighted by Gasteiger charge is 2.30. The van der Waals surface area contributed by atoms with E-state index in [9.17, 15) is 14.7 Å². The van der Waals surface area contributed by atoms with Gasteiger partial charge in [0.1, 0.15) is 11.3 Å². The van der Waals surface area contributed by atoms with Gasteiger partial charge in [-0.1, -0.05) is 27.2 Å². The molecule has 2 aromatic rings. The van der Waals surface area contributed by atoms with Gasteiger partial charge in [0.05, 0.1) is 12.3 Å². The van der Waals surface area contributed by atoms with Crippen molar-refractivity contribution in [1.82, 2.24) is 4.98 Å². The van der Waals surface area contributed by atoms with Crippen molar-refractivity contribution >= 4 is 5.97 Å². The number of carboxylic acid groups (broad SMARTS) is 1. The van der Waals surface area contributed by atoms with Crippen LogP contribution in [0.5, 0.6) is 5.75 Å². The fraction of sp³-hybridized carbons (Fsp3) is 0.455. The first-order valence-corrected chi connectivity index (χ1v) is 9.60. The highest BCUT2D eigenvalue weighted by molar-refractivity contribution is 5.88. The van der Waals surface area contributed by atoms with Crippen LogP contribution in [0, 0.1) is 12.8 Å². The third-order valence-electron chi connectivity index (χ3n) is 5.37. The number of aromatic nitrogens is 1. The van der Waals surface area contributed by atoms with Gasteiger partial charge in [-0.25, -0.2) is 4.79 Å². The molecule has 0 saturated heterocycles. The lowest BCUT2D eigenvalue weighted by atomic mass is 9.75. The minimum atomic E-state index is -1.19. The number of pyridine rings is 1. The largest absolute Gasteiger partial charge is 0.493 e. The number of ether oxygens (including phenoxy) is 1. The Kier molecular flexibility index (Phi) is 5.40. The lowest BCUT2D eigenvalue weighted by Gasteiger charge is -2.31. The van der Waals surface area contributed by atoms with E-state index >= 15 is 0 Å². The quantitative estimate of drug-likeness (QED) is 0.734. The van der Waals surface area contributed by atoms with Crippen LogP contribution < -0.4 is 10.3 Å². The molecule has 144 valence electrons. The number of rotatable bonds is 6. The van der Waals surface area contributed by atoms with E-state index in [0.717, 1.165) is 53.0 Å². The number of carbonyl (C=O) groups is 1. The molecule has 1 heterocycles. The lowest BCUT2D eigenvalue weighted by molar-refractivity contribution is 0.0694. The summed E-state index contributed by atoms with van der Waals surface area (Å²) in [6.07, 6.45) is 2.90. The van der Waals surface area contributed by atoms with Crippen molar-refractivity contribution in [2.45, 2.75) is 52.9 Å². The minimum absolute atomic E-state index is 0.147. The zero-order valence-corrected chi connectivity index (χ0v) is 16.4. The summed E-state index contributed by atoms with van der Waals surface area (Å²) in [6.45, 7) is 9.07. The Morgan fingerprint density at radius 2 is 2.07 bits per heavy atom. The molecule has 1 aliphatic rings. The standard InChI is InChI=1S/C22H27NO4/c1-5-6-7-27-19-10-14-9-15(12(2)3)17-11-18(22(25)26)21(24)23-20(17)16(14)8-13(19)4/h8,10-12,15H,5-7,9H2,1-4H3,(H,23,24)(H,25,26). The van der Waals surface area contributed by atoms with Crippen molar-refractivity contribution < 1.29 is 14.6 Å². The number of aromatic carboxylic acids is 1. The average Bonchev–Trinajstić information content (AvgIpc) is 2.61. The molecular weight excluding hydrogens is 342 g/mol. The maximum absolute atomic E-state index is 12.3. The molecule has 2 N–H and O–H groups in total. The summed E-state index contributed by atoms with van der Waals surface area (Å²) < 4.78 is 5.95. The van der Waals surface area contributed by atoms with Crippen molar-refractivity contribution in [3.63, 3.8) is 0 Å². The number of fused-ring (bicyclic) bond motifs is 3. The van der Waals surface area contributed by atoms with E-state index in [1.807, 2.05) is 13.0 Å². The first-order chi connectivity index (χ1) is 12.8. The van der Waals surface area contributed by atoms with Crippen LogP contribution in [-0.2, 0) is 6.42 Å². The van der Waals surface area contributed by atoms with E-state index < -0.39 is 11.5 Å². The second-order valence-corrected chi connectivity index (χ2v) is 7.68. The predicted octanol–water partition coefficient (Wildman–Crippen LogP) is 4.52. The SMILES string of the molecule is CCCCOc1cc2c(cc1C)-c1[nH]c(=O)c(C(=O)O)cc1C(C(C)C)C2. The summed E-state index contributed by atoms with van der Waals surface area (Å²) in [5.74, 6) is 0.157. The van der Waals surface area contributed by atoms with Gasteiger partial charge in [0.15, 0.2) is 0 Å². The van der Waals surface area contributed by atoms with Gasteiger partial charge in [-0.2, -0.15) is 0 Å². The zero-order chi connectivity index (χ0) is 19.7. The van der Waals surface area contributed by atoms with Crippen LogP contribution in [-0.4, -0.2) is 22.7 Å². The maximum atomic E-state index is 12.3. The molecular formula is C22H27NO4. The molecule has 3 rings (SSSR count). The van der Waals surface area contributed by atoms with Crippen LogP contribution in [0.1, 0.15) is 66.6 Å². The number of carboxylic acids is 1. The summed E-state index contributed by atoms with van der Waals surface area (Å²) in [4.78, 5) is 26.5. The fourth-order valence-electron chi connectivity index (χ4n) is 3.78. The molecule has 1 aromatic heterocycles. The van der Waals surface area contributed by atoms with E-state index in [1.165, 1.54) is 0 Å². The zero-order valence-electron chi connectivity index (χ0n) is 16.4. The van der Waals surface area contributed by atoms with Gasteiger partial charge in [-0.15, -0.1) is 0 Å². The van der Waals surface area contributed by atoms with Gasteiger partial charge in [-0.05, 0) is 66.5 Å². The van der Waals surface area contributed by atoms with Gasteiger partial charge in [0.25, 0.3) is 5.56 Å². The molecule has 0 amide bonds. The van der Waals surface area contributed by atoms with Gasteiger partial charge in [-0.3, -0.25) is 4.79 Å². The van der Waals surface area contributed by atoms with E-state index in [0.29, 0.717) is 12.5 Å². The molecule has 0 aliphatic heterocycles. The molecule has 0 spiro atoms.